The maximum Gasteiger partial charge on any atom is 0.251 e. The summed E-state index contributed by atoms with van der Waals surface area (Å²) < 4.78 is 5.48. The van der Waals surface area contributed by atoms with Crippen LogP contribution in [-0.2, 0) is 0 Å². The number of hydrogen-bond acceptors (Lipinski definition) is 5. The first-order valence-electron chi connectivity index (χ1n) is 9.00. The third-order valence-corrected chi connectivity index (χ3v) is 6.16. The maximum absolute atomic E-state index is 12.5. The van der Waals surface area contributed by atoms with E-state index < -0.39 is 0 Å². The highest BCUT2D eigenvalue weighted by atomic mass is 32.2. The highest BCUT2D eigenvalue weighted by molar-refractivity contribution is 7.99. The van der Waals surface area contributed by atoms with Crippen molar-refractivity contribution in [3.63, 3.8) is 0 Å². The first-order valence-corrected chi connectivity index (χ1v) is 9.82. The molecular formula is C20H22N2O3S. The molecule has 0 aliphatic carbocycles. The average Bonchev–Trinajstić information content (AvgIpc) is 3.12. The van der Waals surface area contributed by atoms with Crippen LogP contribution in [0.25, 0.3) is 0 Å². The summed E-state index contributed by atoms with van der Waals surface area (Å²) in [5.74, 6) is 0.892. The Hall–Kier alpha value is -2.05. The van der Waals surface area contributed by atoms with Gasteiger partial charge in [-0.25, -0.2) is 0 Å². The molecule has 0 radical (unpaired) electrons. The number of carbonyl (C=O) groups excluding carboxylic acids is 2. The van der Waals surface area contributed by atoms with Crippen LogP contribution >= 0.6 is 11.8 Å². The summed E-state index contributed by atoms with van der Waals surface area (Å²) in [6, 6.07) is 11.2. The highest BCUT2D eigenvalue weighted by Gasteiger charge is 2.34. The number of hydrogen-bond donors (Lipinski definition) is 1. The zero-order valence-corrected chi connectivity index (χ0v) is 15.6. The predicted molar refractivity (Wildman–Crippen MR) is 99.7 cm³/mol. The van der Waals surface area contributed by atoms with E-state index >= 15 is 0 Å². The molecule has 3 saturated heterocycles. The van der Waals surface area contributed by atoms with Crippen LogP contribution in [0.15, 0.2) is 50.8 Å². The molecular weight excluding hydrogens is 348 g/mol. The summed E-state index contributed by atoms with van der Waals surface area (Å²) >= 11 is 1.43. The highest BCUT2D eigenvalue weighted by Crippen LogP contribution is 2.30. The fourth-order valence-corrected chi connectivity index (χ4v) is 4.51. The van der Waals surface area contributed by atoms with Gasteiger partial charge in [0.15, 0.2) is 16.6 Å². The van der Waals surface area contributed by atoms with Gasteiger partial charge >= 0.3 is 0 Å². The fraction of sp³-hybridized carbons (Fsp3) is 0.400. The van der Waals surface area contributed by atoms with Gasteiger partial charge in [-0.3, -0.25) is 9.59 Å². The molecule has 3 aliphatic heterocycles. The van der Waals surface area contributed by atoms with Crippen LogP contribution < -0.4 is 5.32 Å². The minimum Gasteiger partial charge on any atom is -0.446 e. The molecule has 26 heavy (non-hydrogen) atoms. The van der Waals surface area contributed by atoms with E-state index in [4.69, 9.17) is 4.42 Å². The van der Waals surface area contributed by atoms with Crippen LogP contribution in [0.2, 0.25) is 0 Å². The third kappa shape index (κ3) is 3.71. The number of rotatable bonds is 5. The molecule has 4 heterocycles. The van der Waals surface area contributed by atoms with Gasteiger partial charge in [0.2, 0.25) is 0 Å². The number of carbonyl (C=O) groups is 2. The van der Waals surface area contributed by atoms with E-state index in [1.807, 2.05) is 24.3 Å². The summed E-state index contributed by atoms with van der Waals surface area (Å²) in [4.78, 5) is 27.2. The fourth-order valence-electron chi connectivity index (χ4n) is 3.74. The topological polar surface area (TPSA) is 62.6 Å². The molecule has 1 unspecified atom stereocenters. The molecule has 0 saturated carbocycles. The molecule has 5 nitrogen and oxygen atoms in total. The second kappa shape index (κ2) is 7.29. The number of piperidine rings is 3. The summed E-state index contributed by atoms with van der Waals surface area (Å²) in [6.07, 6.45) is 2.37. The van der Waals surface area contributed by atoms with E-state index in [1.54, 1.807) is 12.1 Å². The Kier molecular flexibility index (Phi) is 4.87. The monoisotopic (exact) mass is 370 g/mol. The van der Waals surface area contributed by atoms with Gasteiger partial charge < -0.3 is 14.6 Å². The average molecular weight is 370 g/mol. The second-order valence-corrected chi connectivity index (χ2v) is 8.10. The Morgan fingerprint density at radius 2 is 1.85 bits per heavy atom. The number of ketones is 1. The molecule has 3 fully saturated rings. The van der Waals surface area contributed by atoms with Crippen LogP contribution in [-0.4, -0.2) is 42.3 Å². The van der Waals surface area contributed by atoms with E-state index in [-0.39, 0.29) is 17.7 Å². The van der Waals surface area contributed by atoms with Crippen molar-refractivity contribution in [2.75, 3.05) is 19.6 Å². The van der Waals surface area contributed by atoms with E-state index in [0.29, 0.717) is 22.3 Å². The standard InChI is InChI=1S/C20H22N2O3S/c1-13(23)18-6-7-19(25-18)26-16-4-2-15(3-5-16)20(24)21-17-12-22-10-8-14(17)9-11-22/h2-7,14,17H,8-12H2,1H3,(H,21,24). The lowest BCUT2D eigenvalue weighted by Crippen LogP contribution is -2.57. The van der Waals surface area contributed by atoms with Crippen molar-refractivity contribution in [1.82, 2.24) is 10.2 Å². The first-order chi connectivity index (χ1) is 12.6. The van der Waals surface area contributed by atoms with Crippen molar-refractivity contribution >= 4 is 23.5 Å². The minimum absolute atomic E-state index is 0.00263. The van der Waals surface area contributed by atoms with Crippen LogP contribution in [0.3, 0.4) is 0 Å². The molecule has 2 aromatic rings. The van der Waals surface area contributed by atoms with Crippen molar-refractivity contribution in [1.29, 1.82) is 0 Å². The van der Waals surface area contributed by atoms with Crippen molar-refractivity contribution < 1.29 is 14.0 Å². The van der Waals surface area contributed by atoms with E-state index in [1.165, 1.54) is 44.6 Å². The number of nitrogens with one attached hydrogen (secondary N) is 1. The SMILES string of the molecule is CC(=O)c1ccc(Sc2ccc(C(=O)NC3CN4CCC3CC4)cc2)o1. The van der Waals surface area contributed by atoms with Gasteiger partial charge in [0.1, 0.15) is 0 Å². The summed E-state index contributed by atoms with van der Waals surface area (Å²) in [5.41, 5.74) is 0.676. The quantitative estimate of drug-likeness (QED) is 0.817. The summed E-state index contributed by atoms with van der Waals surface area (Å²) in [6.45, 7) is 4.79. The minimum atomic E-state index is -0.0865. The van der Waals surface area contributed by atoms with Gasteiger partial charge in [0.25, 0.3) is 5.91 Å². The lowest BCUT2D eigenvalue weighted by Gasteiger charge is -2.44. The molecule has 6 heteroatoms. The van der Waals surface area contributed by atoms with Gasteiger partial charge in [-0.2, -0.15) is 0 Å². The molecule has 2 bridgehead atoms. The normalized spacial score (nSPS) is 24.4. The largest absolute Gasteiger partial charge is 0.446 e. The Bertz CT molecular complexity index is 807. The number of furan rings is 1. The maximum atomic E-state index is 12.5. The van der Waals surface area contributed by atoms with Gasteiger partial charge in [-0.05, 0) is 68.2 Å². The second-order valence-electron chi connectivity index (χ2n) is 7.02. The molecule has 5 rings (SSSR count). The number of amides is 1. The lowest BCUT2D eigenvalue weighted by atomic mass is 9.84. The van der Waals surface area contributed by atoms with E-state index in [9.17, 15) is 9.59 Å². The predicted octanol–water partition coefficient (Wildman–Crippen LogP) is 3.46. The van der Waals surface area contributed by atoms with Crippen molar-refractivity contribution in [3.05, 3.63) is 47.7 Å². The molecule has 136 valence electrons. The Morgan fingerprint density at radius 1 is 1.12 bits per heavy atom. The zero-order valence-electron chi connectivity index (χ0n) is 14.7. The number of Topliss-reactive ketones (excluding diaryl/α,β-unsaturated/α-hetero) is 1. The molecule has 1 aromatic heterocycles. The Labute approximate surface area is 157 Å². The first kappa shape index (κ1) is 17.4. The molecule has 1 atom stereocenters. The zero-order chi connectivity index (χ0) is 18.1. The Balaban J connectivity index is 1.37. The summed E-state index contributed by atoms with van der Waals surface area (Å²) in [5, 5.41) is 3.87. The van der Waals surface area contributed by atoms with Crippen molar-refractivity contribution in [3.8, 4) is 0 Å². The van der Waals surface area contributed by atoms with Crippen LogP contribution in [0.4, 0.5) is 0 Å². The number of nitrogens with zero attached hydrogens (tertiary/aromatic N) is 1. The van der Waals surface area contributed by atoms with E-state index in [0.717, 1.165) is 11.4 Å². The van der Waals surface area contributed by atoms with Gasteiger partial charge in [-0.15, -0.1) is 0 Å². The molecule has 1 N–H and O–H groups in total. The van der Waals surface area contributed by atoms with E-state index in [2.05, 4.69) is 10.2 Å². The van der Waals surface area contributed by atoms with Crippen molar-refractivity contribution in [2.24, 2.45) is 5.92 Å². The molecule has 1 aromatic carbocycles. The molecule has 0 spiro atoms. The summed E-state index contributed by atoms with van der Waals surface area (Å²) in [7, 11) is 0. The van der Waals surface area contributed by atoms with Gasteiger partial charge in [-0.1, -0.05) is 11.8 Å². The van der Waals surface area contributed by atoms with Crippen molar-refractivity contribution in [2.45, 2.75) is 35.8 Å². The molecule has 1 amide bonds. The van der Waals surface area contributed by atoms with Gasteiger partial charge in [0.05, 0.1) is 0 Å². The third-order valence-electron chi connectivity index (χ3n) is 5.24. The smallest absolute Gasteiger partial charge is 0.251 e. The van der Waals surface area contributed by atoms with Crippen LogP contribution in [0.1, 0.15) is 40.7 Å². The lowest BCUT2D eigenvalue weighted by molar-refractivity contribution is 0.0620. The molecule has 3 aliphatic rings. The van der Waals surface area contributed by atoms with Crippen LogP contribution in [0.5, 0.6) is 0 Å². The number of benzene rings is 1. The Morgan fingerprint density at radius 3 is 2.42 bits per heavy atom. The van der Waals surface area contributed by atoms with Gasteiger partial charge in [0, 0.05) is 30.0 Å². The number of fused-ring (bicyclic) bond motifs is 3. The van der Waals surface area contributed by atoms with Crippen LogP contribution in [0, 0.1) is 5.92 Å².